The maximum absolute atomic E-state index is 12.8. The highest BCUT2D eigenvalue weighted by molar-refractivity contribution is 8.00. The molecule has 1 aromatic heterocycles. The molecule has 5 rings (SSSR count). The Morgan fingerprint density at radius 1 is 1.22 bits per heavy atom. The van der Waals surface area contributed by atoms with E-state index in [4.69, 9.17) is 5.11 Å². The second-order valence-electron chi connectivity index (χ2n) is 8.58. The number of nitrogens with zero attached hydrogens (tertiary/aromatic N) is 6. The van der Waals surface area contributed by atoms with Crippen molar-refractivity contribution in [3.8, 4) is 0 Å². The summed E-state index contributed by atoms with van der Waals surface area (Å²) in [5, 5.41) is 31.5. The summed E-state index contributed by atoms with van der Waals surface area (Å²) in [6.45, 7) is 0.164. The number of likely N-dealkylation sites (tertiary alicyclic amines) is 1. The predicted molar refractivity (Wildman–Crippen MR) is 123 cm³/mol. The number of allylic oxidation sites excluding steroid dienone is 1. The third-order valence-corrected chi connectivity index (χ3v) is 8.39. The Morgan fingerprint density at radius 2 is 2.00 bits per heavy atom. The van der Waals surface area contributed by atoms with Crippen molar-refractivity contribution < 1.29 is 34.2 Å². The molecular weight excluding hydrogens is 514 g/mol. The number of aliphatic carboxylic acids is 2. The zero-order valence-corrected chi connectivity index (χ0v) is 20.3. The van der Waals surface area contributed by atoms with E-state index in [-0.39, 0.29) is 34.3 Å². The Kier molecular flexibility index (Phi) is 6.46. The van der Waals surface area contributed by atoms with E-state index in [0.29, 0.717) is 24.1 Å². The van der Waals surface area contributed by atoms with Gasteiger partial charge in [-0.2, -0.15) is 0 Å². The summed E-state index contributed by atoms with van der Waals surface area (Å²) >= 11 is 2.23. The molecule has 0 bridgehead atoms. The topological polar surface area (TPSA) is 188 Å². The minimum atomic E-state index is -1.27. The summed E-state index contributed by atoms with van der Waals surface area (Å²) in [5.74, 6) is -3.43. The molecule has 3 amide bonds. The number of nitrogens with one attached hydrogen (secondary N) is 1. The third-order valence-electron chi connectivity index (χ3n) is 6.13. The van der Waals surface area contributed by atoms with Crippen LogP contribution in [0.1, 0.15) is 19.3 Å². The van der Waals surface area contributed by atoms with Crippen molar-refractivity contribution in [1.82, 2.24) is 35.3 Å². The molecule has 190 valence electrons. The van der Waals surface area contributed by atoms with E-state index < -0.39 is 41.7 Å². The van der Waals surface area contributed by atoms with Crippen molar-refractivity contribution >= 4 is 53.2 Å². The van der Waals surface area contributed by atoms with Crippen LogP contribution in [0, 0.1) is 0 Å². The molecule has 36 heavy (non-hydrogen) atoms. The van der Waals surface area contributed by atoms with Gasteiger partial charge in [0.1, 0.15) is 23.7 Å². The molecule has 16 heteroatoms. The van der Waals surface area contributed by atoms with Crippen LogP contribution in [0.5, 0.6) is 0 Å². The molecule has 3 fully saturated rings. The number of aromatic nitrogens is 4. The molecule has 1 saturated carbocycles. The van der Waals surface area contributed by atoms with Crippen molar-refractivity contribution in [2.75, 3.05) is 18.1 Å². The van der Waals surface area contributed by atoms with E-state index in [1.165, 1.54) is 11.8 Å². The zero-order chi connectivity index (χ0) is 25.6. The Hall–Kier alpha value is -3.40. The Balaban J connectivity index is 1.24. The van der Waals surface area contributed by atoms with Crippen LogP contribution < -0.4 is 5.32 Å². The molecule has 14 nitrogen and oxygen atoms in total. The summed E-state index contributed by atoms with van der Waals surface area (Å²) in [6, 6.07) is -0.620. The largest absolute Gasteiger partial charge is 0.480 e. The lowest BCUT2D eigenvalue weighted by Gasteiger charge is -2.49. The number of tetrazole rings is 1. The van der Waals surface area contributed by atoms with Gasteiger partial charge in [0.15, 0.2) is 0 Å². The predicted octanol–water partition coefficient (Wildman–Crippen LogP) is -1.09. The second-order valence-corrected chi connectivity index (χ2v) is 10.6. The average molecular weight is 536 g/mol. The number of carboxylic acids is 2. The van der Waals surface area contributed by atoms with Gasteiger partial charge in [-0.15, -0.1) is 16.9 Å². The molecule has 0 radical (unpaired) electrons. The van der Waals surface area contributed by atoms with Gasteiger partial charge in [0.05, 0.1) is 5.75 Å². The number of amides is 3. The molecule has 2 saturated heterocycles. The van der Waals surface area contributed by atoms with Crippen LogP contribution in [0.3, 0.4) is 0 Å². The average Bonchev–Trinajstić information content (AvgIpc) is 3.48. The van der Waals surface area contributed by atoms with Crippen LogP contribution in [-0.4, -0.2) is 105 Å². The summed E-state index contributed by atoms with van der Waals surface area (Å²) < 4.78 is 1.03. The lowest BCUT2D eigenvalue weighted by atomic mass is 10.0. The number of rotatable bonds is 9. The minimum Gasteiger partial charge on any atom is -0.480 e. The lowest BCUT2D eigenvalue weighted by Crippen LogP contribution is -2.70. The van der Waals surface area contributed by atoms with Crippen molar-refractivity contribution in [3.63, 3.8) is 0 Å². The molecule has 2 atom stereocenters. The Morgan fingerprint density at radius 3 is 2.69 bits per heavy atom. The van der Waals surface area contributed by atoms with E-state index in [2.05, 4.69) is 20.8 Å². The SMILES string of the molecule is O=C(O)Cn1nnnc1SCC(=O)N[C@@H]1C(=O)N2C(C(=O)O)=C(C=C3CCN(C4CC4)C3=O)CS[C@H]12. The quantitative estimate of drug-likeness (QED) is 0.197. The molecule has 1 aromatic rings. The summed E-state index contributed by atoms with van der Waals surface area (Å²) in [5.41, 5.74) is 0.792. The summed E-state index contributed by atoms with van der Waals surface area (Å²) in [7, 11) is 0. The molecule has 4 heterocycles. The second kappa shape index (κ2) is 9.57. The summed E-state index contributed by atoms with van der Waals surface area (Å²) in [6.07, 6.45) is 4.13. The first-order valence-electron chi connectivity index (χ1n) is 11.1. The maximum atomic E-state index is 12.8. The van der Waals surface area contributed by atoms with Gasteiger partial charge in [-0.05, 0) is 41.3 Å². The number of fused-ring (bicyclic) bond motifs is 1. The van der Waals surface area contributed by atoms with E-state index in [1.54, 1.807) is 6.08 Å². The molecule has 4 aliphatic rings. The summed E-state index contributed by atoms with van der Waals surface area (Å²) in [4.78, 5) is 63.9. The number of carboxylic acid groups (broad SMARTS) is 2. The molecule has 0 aromatic carbocycles. The molecule has 0 unspecified atom stereocenters. The number of hydrogen-bond donors (Lipinski definition) is 3. The highest BCUT2D eigenvalue weighted by Crippen LogP contribution is 2.41. The number of thioether (sulfide) groups is 2. The van der Waals surface area contributed by atoms with Gasteiger partial charge in [0.25, 0.3) is 5.91 Å². The van der Waals surface area contributed by atoms with Gasteiger partial charge in [0.2, 0.25) is 17.0 Å². The van der Waals surface area contributed by atoms with Crippen molar-refractivity contribution in [2.45, 2.75) is 48.4 Å². The first kappa shape index (κ1) is 24.3. The Bertz CT molecular complexity index is 1220. The van der Waals surface area contributed by atoms with Gasteiger partial charge >= 0.3 is 11.9 Å². The first-order chi connectivity index (χ1) is 17.2. The van der Waals surface area contributed by atoms with E-state index in [9.17, 15) is 29.1 Å². The van der Waals surface area contributed by atoms with Gasteiger partial charge in [0, 0.05) is 23.9 Å². The van der Waals surface area contributed by atoms with E-state index in [1.807, 2.05) is 4.90 Å². The number of carbonyl (C=O) groups excluding carboxylic acids is 3. The van der Waals surface area contributed by atoms with Crippen molar-refractivity contribution in [1.29, 1.82) is 0 Å². The van der Waals surface area contributed by atoms with Crippen molar-refractivity contribution in [2.24, 2.45) is 0 Å². The molecule has 3 aliphatic heterocycles. The van der Waals surface area contributed by atoms with Gasteiger partial charge < -0.3 is 20.4 Å². The standard InChI is InChI=1S/C20H21N7O7S2/c28-12(8-36-20-22-23-24-26(20)6-13(29)30)21-14-17(32)27-15(19(33)34)10(7-35-18(14)27)5-9-3-4-25(16(9)31)11-1-2-11/h5,11,14,18H,1-4,6-8H2,(H,21,28)(H,29,30)(H,33,34)/t14-,18-/m1/s1. The van der Waals surface area contributed by atoms with Gasteiger partial charge in [-0.25, -0.2) is 9.48 Å². The highest BCUT2D eigenvalue weighted by atomic mass is 32.2. The number of hydrogen-bond acceptors (Lipinski definition) is 10. The van der Waals surface area contributed by atoms with Gasteiger partial charge in [-0.3, -0.25) is 24.1 Å². The van der Waals surface area contributed by atoms with E-state index in [0.717, 1.165) is 34.2 Å². The van der Waals surface area contributed by atoms with Crippen molar-refractivity contribution in [3.05, 3.63) is 22.9 Å². The van der Waals surface area contributed by atoms with Crippen LogP contribution in [-0.2, 0) is 30.5 Å². The van der Waals surface area contributed by atoms with E-state index >= 15 is 0 Å². The fourth-order valence-electron chi connectivity index (χ4n) is 4.34. The minimum absolute atomic E-state index is 0.0752. The zero-order valence-electron chi connectivity index (χ0n) is 18.7. The monoisotopic (exact) mass is 535 g/mol. The van der Waals surface area contributed by atoms with Crippen LogP contribution in [0.2, 0.25) is 0 Å². The lowest BCUT2D eigenvalue weighted by molar-refractivity contribution is -0.150. The normalized spacial score (nSPS) is 24.7. The fourth-order valence-corrected chi connectivity index (χ4v) is 6.33. The molecule has 3 N–H and O–H groups in total. The smallest absolute Gasteiger partial charge is 0.352 e. The van der Waals surface area contributed by atoms with Crippen LogP contribution in [0.25, 0.3) is 0 Å². The van der Waals surface area contributed by atoms with Crippen LogP contribution in [0.15, 0.2) is 28.1 Å². The van der Waals surface area contributed by atoms with Crippen LogP contribution in [0.4, 0.5) is 0 Å². The van der Waals surface area contributed by atoms with Crippen LogP contribution >= 0.6 is 23.5 Å². The first-order valence-corrected chi connectivity index (χ1v) is 13.1. The fraction of sp³-hybridized carbons (Fsp3) is 0.500. The Labute approximate surface area is 212 Å². The van der Waals surface area contributed by atoms with Gasteiger partial charge in [-0.1, -0.05) is 11.8 Å². The third kappa shape index (κ3) is 4.57. The molecular formula is C20H21N7O7S2. The molecule has 0 spiro atoms. The number of carbonyl (C=O) groups is 5. The maximum Gasteiger partial charge on any atom is 0.352 e. The highest BCUT2D eigenvalue weighted by Gasteiger charge is 2.54. The number of β-lactam (4-membered cyclic amide) rings is 1. The molecule has 1 aliphatic carbocycles.